The Balaban J connectivity index is 1.80. The summed E-state index contributed by atoms with van der Waals surface area (Å²) in [5.74, 6) is -0.140. The van der Waals surface area contributed by atoms with Crippen molar-refractivity contribution in [1.82, 2.24) is 4.90 Å². The van der Waals surface area contributed by atoms with Gasteiger partial charge >= 0.3 is 5.97 Å². The van der Waals surface area contributed by atoms with E-state index in [1.807, 2.05) is 57.2 Å². The van der Waals surface area contributed by atoms with Gasteiger partial charge < -0.3 is 4.74 Å². The standard InChI is InChI=1S/C23H27NO2/c1-17(15-18-11-7-5-8-12-18)20-21(22(25)26-23(2,3)4)24(20)16-19-13-9-6-10-14-19/h5-15,20-21H,16H2,1-4H3/b17-15+/t20-,21-,24?/m1/s1. The summed E-state index contributed by atoms with van der Waals surface area (Å²) in [5.41, 5.74) is 3.07. The highest BCUT2D eigenvalue weighted by Gasteiger charge is 2.54. The summed E-state index contributed by atoms with van der Waals surface area (Å²) in [5, 5.41) is 0. The van der Waals surface area contributed by atoms with E-state index in [0.29, 0.717) is 0 Å². The Morgan fingerprint density at radius 1 is 1.00 bits per heavy atom. The summed E-state index contributed by atoms with van der Waals surface area (Å²) >= 11 is 0. The quantitative estimate of drug-likeness (QED) is 0.579. The first-order valence-electron chi connectivity index (χ1n) is 9.11. The van der Waals surface area contributed by atoms with E-state index in [-0.39, 0.29) is 18.1 Å². The topological polar surface area (TPSA) is 29.3 Å². The molecule has 1 aliphatic heterocycles. The van der Waals surface area contributed by atoms with Gasteiger partial charge in [-0.2, -0.15) is 0 Å². The van der Waals surface area contributed by atoms with E-state index in [4.69, 9.17) is 4.74 Å². The van der Waals surface area contributed by atoms with Crippen LogP contribution in [0.1, 0.15) is 38.8 Å². The lowest BCUT2D eigenvalue weighted by atomic mass is 10.1. The SMILES string of the molecule is C/C(=C\c1ccccc1)[C@@H]1[C@H](C(=O)OC(C)(C)C)N1Cc1ccccc1. The molecule has 0 amide bonds. The maximum absolute atomic E-state index is 12.7. The van der Waals surface area contributed by atoms with Gasteiger partial charge in [0.2, 0.25) is 0 Å². The van der Waals surface area contributed by atoms with Crippen LogP contribution in [0, 0.1) is 0 Å². The monoisotopic (exact) mass is 349 g/mol. The van der Waals surface area contributed by atoms with E-state index in [2.05, 4.69) is 42.2 Å². The van der Waals surface area contributed by atoms with Gasteiger partial charge in [-0.25, -0.2) is 0 Å². The van der Waals surface area contributed by atoms with Crippen molar-refractivity contribution in [3.8, 4) is 0 Å². The molecular weight excluding hydrogens is 322 g/mol. The number of hydrogen-bond acceptors (Lipinski definition) is 3. The molecule has 1 unspecified atom stereocenters. The molecule has 2 aromatic rings. The van der Waals surface area contributed by atoms with Crippen LogP contribution in [0.2, 0.25) is 0 Å². The summed E-state index contributed by atoms with van der Waals surface area (Å²) < 4.78 is 5.65. The summed E-state index contributed by atoms with van der Waals surface area (Å²) in [6.45, 7) is 8.58. The molecule has 3 rings (SSSR count). The van der Waals surface area contributed by atoms with Gasteiger partial charge in [0, 0.05) is 6.54 Å². The van der Waals surface area contributed by atoms with Crippen molar-refractivity contribution in [2.24, 2.45) is 0 Å². The van der Waals surface area contributed by atoms with Gasteiger partial charge in [0.05, 0.1) is 6.04 Å². The Hall–Kier alpha value is -2.39. The highest BCUT2D eigenvalue weighted by atomic mass is 16.6. The average Bonchev–Trinajstić information content (AvgIpc) is 3.29. The number of hydrogen-bond donors (Lipinski definition) is 0. The molecule has 1 saturated heterocycles. The zero-order chi connectivity index (χ0) is 18.7. The van der Waals surface area contributed by atoms with Crippen molar-refractivity contribution < 1.29 is 9.53 Å². The summed E-state index contributed by atoms with van der Waals surface area (Å²) in [7, 11) is 0. The van der Waals surface area contributed by atoms with Crippen LogP contribution < -0.4 is 0 Å². The first kappa shape index (κ1) is 18.4. The minimum atomic E-state index is -0.473. The number of ether oxygens (including phenoxy) is 1. The summed E-state index contributed by atoms with van der Waals surface area (Å²) in [6, 6.07) is 20.4. The number of esters is 1. The van der Waals surface area contributed by atoms with Crippen LogP contribution in [0.3, 0.4) is 0 Å². The molecule has 3 nitrogen and oxygen atoms in total. The van der Waals surface area contributed by atoms with Gasteiger partial charge in [0.25, 0.3) is 0 Å². The third-order valence-electron chi connectivity index (χ3n) is 4.44. The second-order valence-electron chi connectivity index (χ2n) is 7.88. The van der Waals surface area contributed by atoms with Crippen LogP contribution >= 0.6 is 0 Å². The van der Waals surface area contributed by atoms with Gasteiger partial charge in [-0.05, 0) is 38.8 Å². The lowest BCUT2D eigenvalue weighted by Crippen LogP contribution is -2.28. The van der Waals surface area contributed by atoms with Gasteiger partial charge in [0.1, 0.15) is 11.6 Å². The average molecular weight is 349 g/mol. The Morgan fingerprint density at radius 2 is 1.58 bits per heavy atom. The van der Waals surface area contributed by atoms with Crippen molar-refractivity contribution in [1.29, 1.82) is 0 Å². The molecule has 26 heavy (non-hydrogen) atoms. The van der Waals surface area contributed by atoms with Crippen LogP contribution in [0.4, 0.5) is 0 Å². The van der Waals surface area contributed by atoms with Crippen molar-refractivity contribution >= 4 is 12.0 Å². The molecule has 0 aromatic heterocycles. The normalized spacial score (nSPS) is 22.8. The van der Waals surface area contributed by atoms with Gasteiger partial charge in [-0.15, -0.1) is 0 Å². The van der Waals surface area contributed by atoms with E-state index in [1.54, 1.807) is 0 Å². The van der Waals surface area contributed by atoms with E-state index >= 15 is 0 Å². The van der Waals surface area contributed by atoms with Crippen LogP contribution in [0.25, 0.3) is 6.08 Å². The summed E-state index contributed by atoms with van der Waals surface area (Å²) in [4.78, 5) is 14.9. The minimum absolute atomic E-state index is 0.0882. The maximum atomic E-state index is 12.7. The van der Waals surface area contributed by atoms with Gasteiger partial charge in [-0.3, -0.25) is 9.69 Å². The molecule has 3 heteroatoms. The van der Waals surface area contributed by atoms with Crippen molar-refractivity contribution in [2.75, 3.05) is 0 Å². The van der Waals surface area contributed by atoms with E-state index in [0.717, 1.165) is 12.1 Å². The summed E-state index contributed by atoms with van der Waals surface area (Å²) in [6.07, 6.45) is 2.16. The highest BCUT2D eigenvalue weighted by molar-refractivity contribution is 5.82. The Labute approximate surface area is 156 Å². The molecule has 0 aliphatic carbocycles. The predicted octanol–water partition coefficient (Wildman–Crippen LogP) is 4.68. The molecule has 3 atom stereocenters. The van der Waals surface area contributed by atoms with Crippen LogP contribution in [0.5, 0.6) is 0 Å². The van der Waals surface area contributed by atoms with E-state index in [9.17, 15) is 4.79 Å². The molecule has 0 spiro atoms. The molecule has 2 aromatic carbocycles. The molecule has 1 fully saturated rings. The molecule has 1 heterocycles. The van der Waals surface area contributed by atoms with Crippen molar-refractivity contribution in [2.45, 2.75) is 51.9 Å². The van der Waals surface area contributed by atoms with Gasteiger partial charge in [-0.1, -0.05) is 72.3 Å². The zero-order valence-electron chi connectivity index (χ0n) is 16.0. The Morgan fingerprint density at radius 3 is 2.15 bits per heavy atom. The van der Waals surface area contributed by atoms with Crippen LogP contribution in [-0.4, -0.2) is 28.6 Å². The molecule has 0 N–H and O–H groups in total. The molecule has 0 saturated carbocycles. The second-order valence-corrected chi connectivity index (χ2v) is 7.88. The molecule has 1 aliphatic rings. The number of benzene rings is 2. The third kappa shape index (κ3) is 4.61. The molecular formula is C23H27NO2. The van der Waals surface area contributed by atoms with E-state index < -0.39 is 5.60 Å². The molecule has 136 valence electrons. The lowest BCUT2D eigenvalue weighted by molar-refractivity contribution is -0.155. The Kier molecular flexibility index (Phi) is 5.28. The molecule has 0 radical (unpaired) electrons. The largest absolute Gasteiger partial charge is 0.459 e. The number of nitrogens with zero attached hydrogens (tertiary/aromatic N) is 1. The number of rotatable bonds is 5. The van der Waals surface area contributed by atoms with Crippen molar-refractivity contribution in [3.05, 3.63) is 77.4 Å². The van der Waals surface area contributed by atoms with Crippen LogP contribution in [-0.2, 0) is 16.1 Å². The fraction of sp³-hybridized carbons (Fsp3) is 0.348. The minimum Gasteiger partial charge on any atom is -0.459 e. The first-order valence-corrected chi connectivity index (χ1v) is 9.11. The molecule has 0 bridgehead atoms. The Bertz CT molecular complexity index is 775. The predicted molar refractivity (Wildman–Crippen MR) is 105 cm³/mol. The van der Waals surface area contributed by atoms with E-state index in [1.165, 1.54) is 11.1 Å². The fourth-order valence-electron chi connectivity index (χ4n) is 3.30. The van der Waals surface area contributed by atoms with Crippen LogP contribution in [0.15, 0.2) is 66.2 Å². The second kappa shape index (κ2) is 7.46. The van der Waals surface area contributed by atoms with Gasteiger partial charge in [0.15, 0.2) is 0 Å². The smallest absolute Gasteiger partial charge is 0.325 e. The maximum Gasteiger partial charge on any atom is 0.325 e. The third-order valence-corrected chi connectivity index (χ3v) is 4.44. The van der Waals surface area contributed by atoms with Crippen molar-refractivity contribution in [3.63, 3.8) is 0 Å². The first-order chi connectivity index (χ1) is 12.3. The fourth-order valence-corrected chi connectivity index (χ4v) is 3.30. The highest BCUT2D eigenvalue weighted by Crippen LogP contribution is 2.38. The lowest BCUT2D eigenvalue weighted by Gasteiger charge is -2.19. The number of carbonyl (C=O) groups excluding carboxylic acids is 1. The number of carbonyl (C=O) groups is 1. The zero-order valence-corrected chi connectivity index (χ0v) is 16.0.